The molecule has 0 aliphatic carbocycles. The molecule has 0 bridgehead atoms. The molecular weight excluding hydrogens is 214 g/mol. The molecule has 2 N–H and O–H groups in total. The topological polar surface area (TPSA) is 51.4 Å². The molecule has 0 unspecified atom stereocenters. The van der Waals surface area contributed by atoms with Gasteiger partial charge < -0.3 is 15.4 Å². The highest BCUT2D eigenvalue weighted by molar-refractivity contribution is 5.48. The van der Waals surface area contributed by atoms with Crippen molar-refractivity contribution >= 4 is 11.5 Å². The summed E-state index contributed by atoms with van der Waals surface area (Å²) in [6, 6.07) is 3.94. The molecule has 4 nitrogen and oxygen atoms in total. The van der Waals surface area contributed by atoms with Gasteiger partial charge in [0.25, 0.3) is 0 Å². The predicted molar refractivity (Wildman–Crippen MR) is 68.0 cm³/mol. The summed E-state index contributed by atoms with van der Waals surface area (Å²) in [5.41, 5.74) is 7.20. The molecule has 92 valence electrons. The van der Waals surface area contributed by atoms with E-state index in [-0.39, 0.29) is 0 Å². The van der Waals surface area contributed by atoms with E-state index in [1.165, 1.54) is 24.9 Å². The SMILES string of the molecule is Nc1ccc(N2CCC[C@]3(CCOC3)C2)cn1. The number of piperidine rings is 1. The van der Waals surface area contributed by atoms with Crippen molar-refractivity contribution in [2.24, 2.45) is 5.41 Å². The fourth-order valence-corrected chi connectivity index (χ4v) is 2.98. The lowest BCUT2D eigenvalue weighted by molar-refractivity contribution is 0.139. The van der Waals surface area contributed by atoms with Gasteiger partial charge in [-0.1, -0.05) is 0 Å². The molecule has 1 aromatic heterocycles. The Morgan fingerprint density at radius 2 is 2.29 bits per heavy atom. The summed E-state index contributed by atoms with van der Waals surface area (Å²) in [5.74, 6) is 0.588. The molecule has 0 radical (unpaired) electrons. The predicted octanol–water partition coefficient (Wildman–Crippen LogP) is 1.67. The number of hydrogen-bond donors (Lipinski definition) is 1. The summed E-state index contributed by atoms with van der Waals surface area (Å²) in [6.45, 7) is 4.06. The maximum Gasteiger partial charge on any atom is 0.123 e. The number of aromatic nitrogens is 1. The van der Waals surface area contributed by atoms with Crippen molar-refractivity contribution in [3.05, 3.63) is 18.3 Å². The number of anilines is 2. The molecule has 1 aromatic rings. The largest absolute Gasteiger partial charge is 0.384 e. The molecule has 3 rings (SSSR count). The third-order valence-electron chi connectivity index (χ3n) is 3.98. The van der Waals surface area contributed by atoms with Crippen LogP contribution in [0.3, 0.4) is 0 Å². The van der Waals surface area contributed by atoms with Crippen molar-refractivity contribution in [2.75, 3.05) is 36.9 Å². The first kappa shape index (κ1) is 10.8. The average Bonchev–Trinajstić information content (AvgIpc) is 2.78. The minimum Gasteiger partial charge on any atom is -0.384 e. The fourth-order valence-electron chi connectivity index (χ4n) is 2.98. The summed E-state index contributed by atoms with van der Waals surface area (Å²) in [4.78, 5) is 6.60. The first-order valence-electron chi connectivity index (χ1n) is 6.32. The monoisotopic (exact) mass is 233 g/mol. The Morgan fingerprint density at radius 3 is 3.00 bits per heavy atom. The van der Waals surface area contributed by atoms with Crippen LogP contribution >= 0.6 is 0 Å². The van der Waals surface area contributed by atoms with Crippen molar-refractivity contribution in [3.8, 4) is 0 Å². The number of ether oxygens (including phenoxy) is 1. The maximum atomic E-state index is 5.62. The van der Waals surface area contributed by atoms with E-state index in [2.05, 4.69) is 16.0 Å². The van der Waals surface area contributed by atoms with Gasteiger partial charge in [0.2, 0.25) is 0 Å². The average molecular weight is 233 g/mol. The third-order valence-corrected chi connectivity index (χ3v) is 3.98. The van der Waals surface area contributed by atoms with Crippen molar-refractivity contribution in [1.29, 1.82) is 0 Å². The molecule has 1 spiro atoms. The summed E-state index contributed by atoms with van der Waals surface area (Å²) in [6.07, 6.45) is 5.62. The van der Waals surface area contributed by atoms with Gasteiger partial charge in [-0.2, -0.15) is 0 Å². The fraction of sp³-hybridized carbons (Fsp3) is 0.615. The van der Waals surface area contributed by atoms with Crippen molar-refractivity contribution in [3.63, 3.8) is 0 Å². The van der Waals surface area contributed by atoms with E-state index < -0.39 is 0 Å². The summed E-state index contributed by atoms with van der Waals surface area (Å²) in [5, 5.41) is 0. The normalized spacial score (nSPS) is 28.8. The Kier molecular flexibility index (Phi) is 2.67. The quantitative estimate of drug-likeness (QED) is 0.801. The zero-order valence-corrected chi connectivity index (χ0v) is 10.1. The van der Waals surface area contributed by atoms with Crippen LogP contribution in [0.25, 0.3) is 0 Å². The van der Waals surface area contributed by atoms with Crippen LogP contribution in [-0.2, 0) is 4.74 Å². The van der Waals surface area contributed by atoms with E-state index in [0.29, 0.717) is 11.2 Å². The zero-order chi connectivity index (χ0) is 11.7. The number of nitrogens with zero attached hydrogens (tertiary/aromatic N) is 2. The van der Waals surface area contributed by atoms with Crippen LogP contribution in [0.2, 0.25) is 0 Å². The molecule has 2 saturated heterocycles. The second-order valence-corrected chi connectivity index (χ2v) is 5.27. The lowest BCUT2D eigenvalue weighted by Gasteiger charge is -2.40. The highest BCUT2D eigenvalue weighted by Crippen LogP contribution is 2.38. The van der Waals surface area contributed by atoms with Gasteiger partial charge >= 0.3 is 0 Å². The van der Waals surface area contributed by atoms with Crippen LogP contribution in [-0.4, -0.2) is 31.3 Å². The molecule has 0 aromatic carbocycles. The van der Waals surface area contributed by atoms with Crippen LogP contribution in [0.1, 0.15) is 19.3 Å². The summed E-state index contributed by atoms with van der Waals surface area (Å²) < 4.78 is 5.58. The molecule has 4 heteroatoms. The second-order valence-electron chi connectivity index (χ2n) is 5.27. The first-order valence-corrected chi connectivity index (χ1v) is 6.32. The Hall–Kier alpha value is -1.29. The van der Waals surface area contributed by atoms with E-state index in [0.717, 1.165) is 26.3 Å². The molecule has 2 fully saturated rings. The smallest absolute Gasteiger partial charge is 0.123 e. The van der Waals surface area contributed by atoms with Crippen LogP contribution < -0.4 is 10.6 Å². The Bertz CT molecular complexity index is 384. The standard InChI is InChI=1S/C13H19N3O/c14-12-3-2-11(8-15-12)16-6-1-4-13(9-16)5-7-17-10-13/h2-3,8H,1,4-7,9-10H2,(H2,14,15)/t13-/m0/s1. The third kappa shape index (κ3) is 2.09. The number of nitrogen functional groups attached to an aromatic ring is 1. The van der Waals surface area contributed by atoms with Crippen LogP contribution in [0, 0.1) is 5.41 Å². The van der Waals surface area contributed by atoms with E-state index in [9.17, 15) is 0 Å². The van der Waals surface area contributed by atoms with Gasteiger partial charge in [0, 0.05) is 25.1 Å². The van der Waals surface area contributed by atoms with Crippen LogP contribution in [0.5, 0.6) is 0 Å². The number of hydrogen-bond acceptors (Lipinski definition) is 4. The van der Waals surface area contributed by atoms with Gasteiger partial charge in [0.05, 0.1) is 18.5 Å². The van der Waals surface area contributed by atoms with Gasteiger partial charge in [-0.15, -0.1) is 0 Å². The van der Waals surface area contributed by atoms with Gasteiger partial charge in [0.1, 0.15) is 5.82 Å². The van der Waals surface area contributed by atoms with Gasteiger partial charge in [-0.05, 0) is 31.4 Å². The van der Waals surface area contributed by atoms with Crippen LogP contribution in [0.15, 0.2) is 18.3 Å². The van der Waals surface area contributed by atoms with Crippen molar-refractivity contribution < 1.29 is 4.74 Å². The Balaban J connectivity index is 1.77. The first-order chi connectivity index (χ1) is 8.27. The van der Waals surface area contributed by atoms with Crippen LogP contribution in [0.4, 0.5) is 11.5 Å². The molecule has 1 atom stereocenters. The molecule has 17 heavy (non-hydrogen) atoms. The maximum absolute atomic E-state index is 5.62. The van der Waals surface area contributed by atoms with E-state index >= 15 is 0 Å². The van der Waals surface area contributed by atoms with Gasteiger partial charge in [-0.3, -0.25) is 0 Å². The Morgan fingerprint density at radius 1 is 1.35 bits per heavy atom. The van der Waals surface area contributed by atoms with Gasteiger partial charge in [0.15, 0.2) is 0 Å². The molecule has 0 saturated carbocycles. The molecule has 0 amide bonds. The van der Waals surface area contributed by atoms with Gasteiger partial charge in [-0.25, -0.2) is 4.98 Å². The van der Waals surface area contributed by atoms with Crippen molar-refractivity contribution in [2.45, 2.75) is 19.3 Å². The minimum atomic E-state index is 0.389. The lowest BCUT2D eigenvalue weighted by atomic mass is 9.79. The number of nitrogens with two attached hydrogens (primary N) is 1. The lowest BCUT2D eigenvalue weighted by Crippen LogP contribution is -2.43. The highest BCUT2D eigenvalue weighted by atomic mass is 16.5. The second kappa shape index (κ2) is 4.18. The van der Waals surface area contributed by atoms with E-state index in [4.69, 9.17) is 10.5 Å². The molecule has 3 heterocycles. The highest BCUT2D eigenvalue weighted by Gasteiger charge is 2.38. The summed E-state index contributed by atoms with van der Waals surface area (Å²) >= 11 is 0. The molecular formula is C13H19N3O. The number of pyridine rings is 1. The Labute approximate surface area is 102 Å². The van der Waals surface area contributed by atoms with Crippen molar-refractivity contribution in [1.82, 2.24) is 4.98 Å². The number of rotatable bonds is 1. The van der Waals surface area contributed by atoms with E-state index in [1.807, 2.05) is 12.3 Å². The summed E-state index contributed by atoms with van der Waals surface area (Å²) in [7, 11) is 0. The minimum absolute atomic E-state index is 0.389. The zero-order valence-electron chi connectivity index (χ0n) is 10.1. The molecule has 2 aliphatic rings. The van der Waals surface area contributed by atoms with E-state index in [1.54, 1.807) is 0 Å². The molecule has 2 aliphatic heterocycles.